The van der Waals surface area contributed by atoms with Crippen molar-refractivity contribution in [1.29, 1.82) is 0 Å². The lowest BCUT2D eigenvalue weighted by Gasteiger charge is -2.19. The van der Waals surface area contributed by atoms with Crippen molar-refractivity contribution < 1.29 is 0 Å². The zero-order chi connectivity index (χ0) is 10.8. The van der Waals surface area contributed by atoms with E-state index in [1.54, 1.807) is 0 Å². The fraction of sp³-hybridized carbons (Fsp3) is 0.500. The highest BCUT2D eigenvalue weighted by molar-refractivity contribution is 6.31. The van der Waals surface area contributed by atoms with E-state index in [-0.39, 0.29) is 0 Å². The summed E-state index contributed by atoms with van der Waals surface area (Å²) in [6.45, 7) is 5.07. The molecule has 0 aliphatic carbocycles. The lowest BCUT2D eigenvalue weighted by molar-refractivity contribution is 0.659. The van der Waals surface area contributed by atoms with Gasteiger partial charge in [0.1, 0.15) is 0 Å². The van der Waals surface area contributed by atoms with Crippen molar-refractivity contribution in [2.45, 2.75) is 19.9 Å². The molecule has 1 fully saturated rings. The van der Waals surface area contributed by atoms with Gasteiger partial charge in [-0.3, -0.25) is 0 Å². The summed E-state index contributed by atoms with van der Waals surface area (Å²) in [5.41, 5.74) is 7.82. The average Bonchev–Trinajstić information content (AvgIpc) is 2.65. The summed E-state index contributed by atoms with van der Waals surface area (Å²) in [5, 5.41) is 0.787. The molecule has 1 aliphatic rings. The predicted molar refractivity (Wildman–Crippen MR) is 65.3 cm³/mol. The van der Waals surface area contributed by atoms with Crippen LogP contribution in [-0.4, -0.2) is 13.1 Å². The lowest BCUT2D eigenvalue weighted by atomic mass is 10.2. The topological polar surface area (TPSA) is 29.3 Å². The fourth-order valence-electron chi connectivity index (χ4n) is 2.07. The van der Waals surface area contributed by atoms with Crippen molar-refractivity contribution in [2.75, 3.05) is 18.0 Å². The van der Waals surface area contributed by atoms with E-state index < -0.39 is 0 Å². The highest BCUT2D eigenvalue weighted by atomic mass is 35.5. The Balaban J connectivity index is 2.19. The molecule has 0 saturated carbocycles. The van der Waals surface area contributed by atoms with E-state index in [4.69, 9.17) is 17.3 Å². The van der Waals surface area contributed by atoms with Gasteiger partial charge in [-0.15, -0.1) is 0 Å². The molecule has 15 heavy (non-hydrogen) atoms. The summed E-state index contributed by atoms with van der Waals surface area (Å²) in [5.74, 6) is 0.790. The van der Waals surface area contributed by atoms with Gasteiger partial charge in [0.05, 0.1) is 0 Å². The molecule has 2 N–H and O–H groups in total. The Morgan fingerprint density at radius 2 is 2.33 bits per heavy atom. The summed E-state index contributed by atoms with van der Waals surface area (Å²) in [6.07, 6.45) is 1.27. The normalized spacial score (nSPS) is 21.0. The second-order valence-corrected chi connectivity index (χ2v) is 4.73. The van der Waals surface area contributed by atoms with Crippen LogP contribution in [0.3, 0.4) is 0 Å². The molecule has 0 amide bonds. The fourth-order valence-corrected chi connectivity index (χ4v) is 2.32. The van der Waals surface area contributed by atoms with Gasteiger partial charge in [-0.2, -0.15) is 0 Å². The Morgan fingerprint density at radius 3 is 2.87 bits per heavy atom. The molecule has 0 unspecified atom stereocenters. The number of rotatable bonds is 2. The Kier molecular flexibility index (Phi) is 3.17. The zero-order valence-corrected chi connectivity index (χ0v) is 9.80. The number of hydrogen-bond acceptors (Lipinski definition) is 2. The summed E-state index contributed by atoms with van der Waals surface area (Å²) < 4.78 is 0. The Hall–Kier alpha value is -0.730. The van der Waals surface area contributed by atoms with E-state index in [2.05, 4.69) is 17.9 Å². The zero-order valence-electron chi connectivity index (χ0n) is 9.04. The number of nitrogens with zero attached hydrogens (tertiary/aromatic N) is 1. The van der Waals surface area contributed by atoms with Gasteiger partial charge in [-0.05, 0) is 30.0 Å². The number of benzene rings is 1. The summed E-state index contributed by atoms with van der Waals surface area (Å²) in [4.78, 5) is 2.39. The number of anilines is 1. The molecule has 1 aliphatic heterocycles. The molecule has 82 valence electrons. The average molecular weight is 225 g/mol. The summed E-state index contributed by atoms with van der Waals surface area (Å²) in [7, 11) is 0. The van der Waals surface area contributed by atoms with Crippen molar-refractivity contribution >= 4 is 17.3 Å². The van der Waals surface area contributed by atoms with E-state index >= 15 is 0 Å². The van der Waals surface area contributed by atoms with Crippen LogP contribution in [0, 0.1) is 5.92 Å². The second kappa shape index (κ2) is 4.42. The first-order valence-electron chi connectivity index (χ1n) is 5.44. The standard InChI is InChI=1S/C12H17ClN2/c1-9-4-5-15(8-9)11-3-2-10(7-14)12(13)6-11/h2-3,6,9H,4-5,7-8,14H2,1H3/t9-/m1/s1. The molecule has 0 radical (unpaired) electrons. The Morgan fingerprint density at radius 1 is 1.53 bits per heavy atom. The minimum absolute atomic E-state index is 0.509. The van der Waals surface area contributed by atoms with Crippen LogP contribution in [0.25, 0.3) is 0 Å². The smallest absolute Gasteiger partial charge is 0.0471 e. The van der Waals surface area contributed by atoms with Gasteiger partial charge >= 0.3 is 0 Å². The third-order valence-corrected chi connectivity index (χ3v) is 3.40. The van der Waals surface area contributed by atoms with E-state index in [9.17, 15) is 0 Å². The molecular weight excluding hydrogens is 208 g/mol. The highest BCUT2D eigenvalue weighted by Crippen LogP contribution is 2.27. The molecule has 1 heterocycles. The maximum atomic E-state index is 6.14. The third-order valence-electron chi connectivity index (χ3n) is 3.05. The maximum Gasteiger partial charge on any atom is 0.0471 e. The summed E-state index contributed by atoms with van der Waals surface area (Å²) in [6, 6.07) is 6.18. The van der Waals surface area contributed by atoms with Crippen molar-refractivity contribution in [1.82, 2.24) is 0 Å². The van der Waals surface area contributed by atoms with E-state index in [0.29, 0.717) is 6.54 Å². The lowest BCUT2D eigenvalue weighted by Crippen LogP contribution is -2.19. The van der Waals surface area contributed by atoms with Gasteiger partial charge in [-0.25, -0.2) is 0 Å². The van der Waals surface area contributed by atoms with Gasteiger partial charge in [0.25, 0.3) is 0 Å². The van der Waals surface area contributed by atoms with Crippen LogP contribution in [0.2, 0.25) is 5.02 Å². The highest BCUT2D eigenvalue weighted by Gasteiger charge is 2.19. The van der Waals surface area contributed by atoms with Crippen LogP contribution in [-0.2, 0) is 6.54 Å². The number of nitrogens with two attached hydrogens (primary N) is 1. The van der Waals surface area contributed by atoms with Gasteiger partial charge in [0, 0.05) is 30.3 Å². The largest absolute Gasteiger partial charge is 0.371 e. The van der Waals surface area contributed by atoms with E-state index in [1.807, 2.05) is 12.1 Å². The van der Waals surface area contributed by atoms with Crippen molar-refractivity contribution in [3.8, 4) is 0 Å². The van der Waals surface area contributed by atoms with Crippen LogP contribution >= 0.6 is 11.6 Å². The third kappa shape index (κ3) is 2.27. The molecule has 1 aromatic rings. The van der Waals surface area contributed by atoms with Gasteiger partial charge in [0.2, 0.25) is 0 Å². The van der Waals surface area contributed by atoms with Crippen LogP contribution in [0.5, 0.6) is 0 Å². The number of halogens is 1. The second-order valence-electron chi connectivity index (χ2n) is 4.32. The molecule has 0 spiro atoms. The number of hydrogen-bond donors (Lipinski definition) is 1. The molecule has 0 bridgehead atoms. The molecule has 0 aromatic heterocycles. The van der Waals surface area contributed by atoms with Gasteiger partial charge < -0.3 is 10.6 Å². The van der Waals surface area contributed by atoms with Crippen LogP contribution in [0.4, 0.5) is 5.69 Å². The molecule has 3 heteroatoms. The van der Waals surface area contributed by atoms with Crippen LogP contribution in [0.1, 0.15) is 18.9 Å². The molecular formula is C12H17ClN2. The monoisotopic (exact) mass is 224 g/mol. The Labute approximate surface area is 96.0 Å². The molecule has 1 saturated heterocycles. The van der Waals surface area contributed by atoms with Crippen molar-refractivity contribution in [3.05, 3.63) is 28.8 Å². The molecule has 1 atom stereocenters. The first-order chi connectivity index (χ1) is 7.20. The Bertz CT molecular complexity index is 351. The SMILES string of the molecule is C[C@@H]1CCN(c2ccc(CN)c(Cl)c2)C1. The van der Waals surface area contributed by atoms with Gasteiger partial charge in [-0.1, -0.05) is 24.6 Å². The van der Waals surface area contributed by atoms with E-state index in [1.165, 1.54) is 12.1 Å². The summed E-state index contributed by atoms with van der Waals surface area (Å²) >= 11 is 6.14. The first kappa shape index (κ1) is 10.8. The molecule has 2 nitrogen and oxygen atoms in total. The predicted octanol–water partition coefficient (Wildman–Crippen LogP) is 2.64. The van der Waals surface area contributed by atoms with E-state index in [0.717, 1.165) is 29.6 Å². The van der Waals surface area contributed by atoms with Crippen molar-refractivity contribution in [3.63, 3.8) is 0 Å². The van der Waals surface area contributed by atoms with Crippen LogP contribution < -0.4 is 10.6 Å². The van der Waals surface area contributed by atoms with Gasteiger partial charge in [0.15, 0.2) is 0 Å². The molecule has 2 rings (SSSR count). The molecule has 1 aromatic carbocycles. The minimum atomic E-state index is 0.509. The van der Waals surface area contributed by atoms with Crippen LogP contribution in [0.15, 0.2) is 18.2 Å². The maximum absolute atomic E-state index is 6.14. The van der Waals surface area contributed by atoms with Crippen molar-refractivity contribution in [2.24, 2.45) is 11.7 Å². The first-order valence-corrected chi connectivity index (χ1v) is 5.82. The quantitative estimate of drug-likeness (QED) is 0.837. The minimum Gasteiger partial charge on any atom is -0.371 e.